The Kier molecular flexibility index (Phi) is 10.2. The van der Waals surface area contributed by atoms with E-state index in [0.29, 0.717) is 17.6 Å². The fourth-order valence-electron chi connectivity index (χ4n) is 2.31. The van der Waals surface area contributed by atoms with Crippen molar-refractivity contribution in [3.63, 3.8) is 0 Å². The van der Waals surface area contributed by atoms with Gasteiger partial charge in [-0.2, -0.15) is 0 Å². The highest BCUT2D eigenvalue weighted by Gasteiger charge is 2.08. The summed E-state index contributed by atoms with van der Waals surface area (Å²) in [6.45, 7) is 8.17. The highest BCUT2D eigenvalue weighted by atomic mass is 16.1. The molecule has 6 heteroatoms. The second kappa shape index (κ2) is 12.3. The number of aromatic nitrogens is 1. The molecule has 24 heavy (non-hydrogen) atoms. The lowest BCUT2D eigenvalue weighted by Gasteiger charge is -2.17. The van der Waals surface area contributed by atoms with Crippen LogP contribution in [0.3, 0.4) is 0 Å². The molecule has 0 fully saturated rings. The molecule has 0 aliphatic heterocycles. The molecule has 0 radical (unpaired) electrons. The van der Waals surface area contributed by atoms with Crippen molar-refractivity contribution in [2.24, 2.45) is 10.9 Å². The number of guanidine groups is 1. The van der Waals surface area contributed by atoms with Gasteiger partial charge in [-0.25, -0.2) is 4.99 Å². The number of nitrogens with one attached hydrogen (secondary N) is 3. The van der Waals surface area contributed by atoms with Crippen molar-refractivity contribution in [1.82, 2.24) is 15.6 Å². The summed E-state index contributed by atoms with van der Waals surface area (Å²) >= 11 is 0. The van der Waals surface area contributed by atoms with Gasteiger partial charge in [0.15, 0.2) is 5.96 Å². The van der Waals surface area contributed by atoms with Gasteiger partial charge in [0.05, 0.1) is 11.9 Å². The van der Waals surface area contributed by atoms with Crippen LogP contribution in [0.5, 0.6) is 0 Å². The van der Waals surface area contributed by atoms with E-state index in [4.69, 9.17) is 0 Å². The van der Waals surface area contributed by atoms with Gasteiger partial charge in [-0.05, 0) is 31.4 Å². The first kappa shape index (κ1) is 19.9. The number of carbonyl (C=O) groups excluding carboxylic acids is 1. The van der Waals surface area contributed by atoms with E-state index >= 15 is 0 Å². The van der Waals surface area contributed by atoms with Crippen molar-refractivity contribution in [2.45, 2.75) is 46.5 Å². The number of amides is 1. The molecule has 1 rings (SSSR count). The second-order valence-corrected chi connectivity index (χ2v) is 5.78. The van der Waals surface area contributed by atoms with Gasteiger partial charge in [-0.3, -0.25) is 9.78 Å². The number of rotatable bonds is 10. The molecule has 0 aliphatic rings. The van der Waals surface area contributed by atoms with Crippen LogP contribution in [-0.2, 0) is 4.79 Å². The third-order valence-corrected chi connectivity index (χ3v) is 3.77. The minimum absolute atomic E-state index is 0.0793. The number of pyridine rings is 1. The molecule has 0 bridgehead atoms. The zero-order valence-corrected chi connectivity index (χ0v) is 15.1. The van der Waals surface area contributed by atoms with Gasteiger partial charge < -0.3 is 16.0 Å². The Hall–Kier alpha value is -2.11. The van der Waals surface area contributed by atoms with Gasteiger partial charge >= 0.3 is 0 Å². The predicted molar refractivity (Wildman–Crippen MR) is 100 cm³/mol. The number of carbonyl (C=O) groups is 1. The highest BCUT2D eigenvalue weighted by molar-refractivity contribution is 5.93. The minimum atomic E-state index is -0.154. The first-order valence-corrected chi connectivity index (χ1v) is 8.91. The molecule has 1 amide bonds. The van der Waals surface area contributed by atoms with Gasteiger partial charge in [-0.1, -0.05) is 33.1 Å². The van der Waals surface area contributed by atoms with Crippen LogP contribution in [-0.4, -0.2) is 36.5 Å². The van der Waals surface area contributed by atoms with Crippen LogP contribution in [0.15, 0.2) is 29.5 Å². The fraction of sp³-hybridized carbons (Fsp3) is 0.611. The normalized spacial score (nSPS) is 12.5. The lowest BCUT2D eigenvalue weighted by atomic mass is 9.99. The number of hydrogen-bond acceptors (Lipinski definition) is 3. The van der Waals surface area contributed by atoms with E-state index in [1.165, 1.54) is 19.3 Å². The summed E-state index contributed by atoms with van der Waals surface area (Å²) in [5, 5.41) is 9.31. The smallest absolute Gasteiger partial charge is 0.246 e. The Morgan fingerprint density at radius 1 is 1.29 bits per heavy atom. The molecular formula is C18H31N5O. The van der Waals surface area contributed by atoms with Crippen molar-refractivity contribution >= 4 is 17.6 Å². The van der Waals surface area contributed by atoms with E-state index < -0.39 is 0 Å². The first-order valence-electron chi connectivity index (χ1n) is 8.91. The van der Waals surface area contributed by atoms with Gasteiger partial charge in [0.25, 0.3) is 0 Å². The molecule has 0 aromatic carbocycles. The fourth-order valence-corrected chi connectivity index (χ4v) is 2.31. The molecule has 3 N–H and O–H groups in total. The third-order valence-electron chi connectivity index (χ3n) is 3.77. The van der Waals surface area contributed by atoms with E-state index in [1.807, 2.05) is 6.92 Å². The summed E-state index contributed by atoms with van der Waals surface area (Å²) in [4.78, 5) is 20.3. The standard InChI is InChI=1S/C18H31N5O/c1-4-7-9-15(5-2)12-21-18(20-6-3)22-14-17(24)23-16-10-8-11-19-13-16/h8,10-11,13,15H,4-7,9,12,14H2,1-3H3,(H,23,24)(H2,20,21,22). The maximum Gasteiger partial charge on any atom is 0.246 e. The average molecular weight is 333 g/mol. The maximum absolute atomic E-state index is 12.0. The van der Waals surface area contributed by atoms with Crippen LogP contribution in [0, 0.1) is 5.92 Å². The van der Waals surface area contributed by atoms with E-state index in [2.05, 4.69) is 39.8 Å². The Morgan fingerprint density at radius 2 is 2.12 bits per heavy atom. The van der Waals surface area contributed by atoms with Crippen molar-refractivity contribution in [3.05, 3.63) is 24.5 Å². The highest BCUT2D eigenvalue weighted by Crippen LogP contribution is 2.11. The summed E-state index contributed by atoms with van der Waals surface area (Å²) in [6.07, 6.45) is 8.13. The molecule has 1 heterocycles. The van der Waals surface area contributed by atoms with Gasteiger partial charge in [0, 0.05) is 19.3 Å². The topological polar surface area (TPSA) is 78.4 Å². The largest absolute Gasteiger partial charge is 0.357 e. The van der Waals surface area contributed by atoms with Gasteiger partial charge in [-0.15, -0.1) is 0 Å². The van der Waals surface area contributed by atoms with Crippen molar-refractivity contribution < 1.29 is 4.79 Å². The van der Waals surface area contributed by atoms with Crippen LogP contribution < -0.4 is 16.0 Å². The summed E-state index contributed by atoms with van der Waals surface area (Å²) in [7, 11) is 0. The average Bonchev–Trinajstić information content (AvgIpc) is 2.60. The second-order valence-electron chi connectivity index (χ2n) is 5.78. The Balaban J connectivity index is 2.47. The molecule has 1 aromatic rings. The summed E-state index contributed by atoms with van der Waals surface area (Å²) < 4.78 is 0. The van der Waals surface area contributed by atoms with Crippen molar-refractivity contribution in [1.29, 1.82) is 0 Å². The van der Waals surface area contributed by atoms with E-state index in [1.54, 1.807) is 24.5 Å². The van der Waals surface area contributed by atoms with Crippen LogP contribution >= 0.6 is 0 Å². The van der Waals surface area contributed by atoms with Gasteiger partial charge in [0.1, 0.15) is 6.54 Å². The molecule has 134 valence electrons. The van der Waals surface area contributed by atoms with Gasteiger partial charge in [0.2, 0.25) is 5.91 Å². The molecule has 0 aliphatic carbocycles. The van der Waals surface area contributed by atoms with Crippen LogP contribution in [0.25, 0.3) is 0 Å². The summed E-state index contributed by atoms with van der Waals surface area (Å²) in [5.41, 5.74) is 0.682. The lowest BCUT2D eigenvalue weighted by Crippen LogP contribution is -2.40. The summed E-state index contributed by atoms with van der Waals surface area (Å²) in [6, 6.07) is 3.59. The van der Waals surface area contributed by atoms with Crippen LogP contribution in [0.2, 0.25) is 0 Å². The van der Waals surface area contributed by atoms with Crippen molar-refractivity contribution in [2.75, 3.05) is 25.0 Å². The lowest BCUT2D eigenvalue weighted by molar-refractivity contribution is -0.114. The maximum atomic E-state index is 12.0. The Morgan fingerprint density at radius 3 is 2.75 bits per heavy atom. The number of nitrogens with zero attached hydrogens (tertiary/aromatic N) is 2. The summed E-state index contributed by atoms with van der Waals surface area (Å²) in [5.74, 6) is 1.17. The zero-order valence-electron chi connectivity index (χ0n) is 15.1. The van der Waals surface area contributed by atoms with Crippen LogP contribution in [0.1, 0.15) is 46.5 Å². The predicted octanol–water partition coefficient (Wildman–Crippen LogP) is 2.79. The van der Waals surface area contributed by atoms with E-state index in [9.17, 15) is 4.79 Å². The minimum Gasteiger partial charge on any atom is -0.357 e. The molecule has 1 aromatic heterocycles. The van der Waals surface area contributed by atoms with E-state index in [-0.39, 0.29) is 12.5 Å². The quantitative estimate of drug-likeness (QED) is 0.454. The molecule has 0 spiro atoms. The third kappa shape index (κ3) is 8.50. The first-order chi connectivity index (χ1) is 11.7. The van der Waals surface area contributed by atoms with E-state index in [0.717, 1.165) is 19.5 Å². The molecule has 1 unspecified atom stereocenters. The molecule has 0 saturated heterocycles. The molecule has 6 nitrogen and oxygen atoms in total. The van der Waals surface area contributed by atoms with Crippen molar-refractivity contribution in [3.8, 4) is 0 Å². The SMILES string of the molecule is CCCCC(CC)CNC(=NCC(=O)Nc1cccnc1)NCC. The Labute approximate surface area is 145 Å². The Bertz CT molecular complexity index is 489. The molecule has 0 saturated carbocycles. The number of aliphatic imine (C=N–C) groups is 1. The monoisotopic (exact) mass is 333 g/mol. The molecule has 1 atom stereocenters. The number of unbranched alkanes of at least 4 members (excludes halogenated alkanes) is 1. The van der Waals surface area contributed by atoms with Crippen LogP contribution in [0.4, 0.5) is 5.69 Å². The number of hydrogen-bond donors (Lipinski definition) is 3. The number of anilines is 1. The molecular weight excluding hydrogens is 302 g/mol. The zero-order chi connectivity index (χ0) is 17.6.